The lowest BCUT2D eigenvalue weighted by atomic mass is 10.1. The summed E-state index contributed by atoms with van der Waals surface area (Å²) >= 11 is 0. The van der Waals surface area contributed by atoms with Crippen molar-refractivity contribution in [3.05, 3.63) is 42.2 Å². The first-order chi connectivity index (χ1) is 16.2. The third-order valence-electron chi connectivity index (χ3n) is 4.81. The van der Waals surface area contributed by atoms with Crippen LogP contribution in [0.15, 0.2) is 40.9 Å². The summed E-state index contributed by atoms with van der Waals surface area (Å²) in [6, 6.07) is 8.27. The van der Waals surface area contributed by atoms with E-state index in [1.165, 1.54) is 0 Å². The van der Waals surface area contributed by atoms with Gasteiger partial charge in [0.25, 0.3) is 0 Å². The monoisotopic (exact) mass is 472 g/mol. The Labute approximate surface area is 194 Å². The van der Waals surface area contributed by atoms with Crippen molar-refractivity contribution in [1.82, 2.24) is 15.8 Å². The highest BCUT2D eigenvalue weighted by Gasteiger charge is 2.25. The van der Waals surface area contributed by atoms with Gasteiger partial charge in [-0.15, -0.1) is 0 Å². The fourth-order valence-corrected chi connectivity index (χ4v) is 3.03. The van der Waals surface area contributed by atoms with E-state index in [2.05, 4.69) is 15.8 Å². The molecule has 2 atom stereocenters. The highest BCUT2D eigenvalue weighted by molar-refractivity contribution is 5.92. The summed E-state index contributed by atoms with van der Waals surface area (Å²) in [7, 11) is 0. The zero-order valence-corrected chi connectivity index (χ0v) is 18.2. The molecular formula is C22H24N4O8-2. The maximum Gasteiger partial charge on any atom is 0.243 e. The molecule has 0 aliphatic heterocycles. The molecule has 0 aliphatic rings. The third kappa shape index (κ3) is 8.73. The van der Waals surface area contributed by atoms with Gasteiger partial charge in [-0.05, 0) is 25.7 Å². The maximum absolute atomic E-state index is 12.5. The van der Waals surface area contributed by atoms with E-state index >= 15 is 0 Å². The van der Waals surface area contributed by atoms with Gasteiger partial charge in [-0.25, -0.2) is 0 Å². The van der Waals surface area contributed by atoms with Crippen molar-refractivity contribution >= 4 is 29.7 Å². The van der Waals surface area contributed by atoms with E-state index < -0.39 is 54.6 Å². The van der Waals surface area contributed by atoms with Gasteiger partial charge in [0.2, 0.25) is 17.7 Å². The smallest absolute Gasteiger partial charge is 0.243 e. The molecule has 1 aromatic heterocycles. The molecule has 34 heavy (non-hydrogen) atoms. The molecule has 1 aromatic carbocycles. The van der Waals surface area contributed by atoms with E-state index in [0.717, 1.165) is 5.56 Å². The van der Waals surface area contributed by atoms with Gasteiger partial charge in [-0.2, -0.15) is 0 Å². The Balaban J connectivity index is 1.96. The van der Waals surface area contributed by atoms with Gasteiger partial charge in [0.1, 0.15) is 23.5 Å². The standard InChI is InChI=1S/C22H26N4O8/c23-21(32)15(7-10-19(28)29)25-22(33)16(8-11-20(30)31)24-18(27)9-6-14-12-17(26-34-14)13-4-2-1-3-5-13/h1-5,12,15-16H,6-11H2,(H2,23,32)(H,24,27)(H,25,33)(H,28,29)(H,30,31)/p-2/t15-,16-/m0/s1. The molecule has 3 amide bonds. The van der Waals surface area contributed by atoms with Crippen molar-refractivity contribution in [2.24, 2.45) is 5.73 Å². The van der Waals surface area contributed by atoms with E-state index in [0.29, 0.717) is 11.5 Å². The lowest BCUT2D eigenvalue weighted by molar-refractivity contribution is -0.307. The number of carboxylic acid groups (broad SMARTS) is 2. The number of aliphatic carboxylic acids is 2. The molecule has 182 valence electrons. The Morgan fingerprint density at radius 3 is 2.12 bits per heavy atom. The van der Waals surface area contributed by atoms with E-state index in [1.54, 1.807) is 6.07 Å². The Kier molecular flexibility index (Phi) is 9.74. The summed E-state index contributed by atoms with van der Waals surface area (Å²) < 4.78 is 5.23. The average molecular weight is 472 g/mol. The van der Waals surface area contributed by atoms with Crippen LogP contribution in [-0.4, -0.2) is 46.9 Å². The van der Waals surface area contributed by atoms with Crippen molar-refractivity contribution in [3.63, 3.8) is 0 Å². The van der Waals surface area contributed by atoms with Gasteiger partial charge < -0.3 is 40.7 Å². The number of hydrogen-bond acceptors (Lipinski definition) is 9. The number of nitrogens with two attached hydrogens (primary N) is 1. The second kappa shape index (κ2) is 12.7. The number of aromatic nitrogens is 1. The first-order valence-electron chi connectivity index (χ1n) is 10.5. The van der Waals surface area contributed by atoms with E-state index in [1.807, 2.05) is 30.3 Å². The molecular weight excluding hydrogens is 448 g/mol. The lowest BCUT2D eigenvalue weighted by Gasteiger charge is -2.22. The normalized spacial score (nSPS) is 12.4. The molecule has 0 aliphatic carbocycles. The molecule has 12 nitrogen and oxygen atoms in total. The van der Waals surface area contributed by atoms with Gasteiger partial charge >= 0.3 is 0 Å². The van der Waals surface area contributed by atoms with Gasteiger partial charge in [-0.1, -0.05) is 35.5 Å². The van der Waals surface area contributed by atoms with E-state index in [-0.39, 0.29) is 25.7 Å². The van der Waals surface area contributed by atoms with Crippen molar-refractivity contribution in [3.8, 4) is 11.3 Å². The fourth-order valence-electron chi connectivity index (χ4n) is 3.03. The zero-order valence-electron chi connectivity index (χ0n) is 18.2. The minimum atomic E-state index is -1.44. The largest absolute Gasteiger partial charge is 0.550 e. The van der Waals surface area contributed by atoms with Gasteiger partial charge in [0, 0.05) is 36.4 Å². The molecule has 0 spiro atoms. The summed E-state index contributed by atoms with van der Waals surface area (Å²) in [5.74, 6) is -4.90. The topological polar surface area (TPSA) is 208 Å². The highest BCUT2D eigenvalue weighted by Crippen LogP contribution is 2.19. The van der Waals surface area contributed by atoms with Crippen LogP contribution in [0, 0.1) is 0 Å². The van der Waals surface area contributed by atoms with Crippen LogP contribution in [0.5, 0.6) is 0 Å². The highest BCUT2D eigenvalue weighted by atomic mass is 16.5. The van der Waals surface area contributed by atoms with Crippen LogP contribution in [0.1, 0.15) is 37.9 Å². The molecule has 1 heterocycles. The molecule has 0 saturated carbocycles. The number of nitrogens with zero attached hydrogens (tertiary/aromatic N) is 1. The predicted molar refractivity (Wildman–Crippen MR) is 112 cm³/mol. The van der Waals surface area contributed by atoms with Crippen LogP contribution in [0.2, 0.25) is 0 Å². The predicted octanol–water partition coefficient (Wildman–Crippen LogP) is -2.21. The molecule has 2 rings (SSSR count). The lowest BCUT2D eigenvalue weighted by Crippen LogP contribution is -2.53. The molecule has 12 heteroatoms. The minimum Gasteiger partial charge on any atom is -0.550 e. The van der Waals surface area contributed by atoms with Crippen molar-refractivity contribution in [1.29, 1.82) is 0 Å². The van der Waals surface area contributed by atoms with Gasteiger partial charge in [0.05, 0.1) is 0 Å². The summed E-state index contributed by atoms with van der Waals surface area (Å²) in [6.07, 6.45) is -1.64. The average Bonchev–Trinajstić information content (AvgIpc) is 3.27. The van der Waals surface area contributed by atoms with Crippen molar-refractivity contribution in [2.45, 2.75) is 50.6 Å². The quantitative estimate of drug-likeness (QED) is 0.272. The number of amides is 3. The maximum atomic E-state index is 12.5. The molecule has 0 unspecified atom stereocenters. The number of carboxylic acids is 2. The number of hydrogen-bond donors (Lipinski definition) is 3. The van der Waals surface area contributed by atoms with Crippen LogP contribution in [0.4, 0.5) is 0 Å². The number of rotatable bonds is 14. The molecule has 0 fully saturated rings. The molecule has 0 radical (unpaired) electrons. The molecule has 0 saturated heterocycles. The molecule has 4 N–H and O–H groups in total. The summed E-state index contributed by atoms with van der Waals surface area (Å²) in [6.45, 7) is 0. The van der Waals surface area contributed by atoms with Crippen LogP contribution in [0.25, 0.3) is 11.3 Å². The van der Waals surface area contributed by atoms with E-state index in [9.17, 15) is 34.2 Å². The Morgan fingerprint density at radius 2 is 1.53 bits per heavy atom. The summed E-state index contributed by atoms with van der Waals surface area (Å²) in [4.78, 5) is 57.9. The second-order valence-corrected chi connectivity index (χ2v) is 7.45. The van der Waals surface area contributed by atoms with Crippen LogP contribution >= 0.6 is 0 Å². The third-order valence-corrected chi connectivity index (χ3v) is 4.81. The Bertz CT molecular complexity index is 1020. The Morgan fingerprint density at radius 1 is 0.912 bits per heavy atom. The first kappa shape index (κ1) is 26.0. The minimum absolute atomic E-state index is 0.0948. The van der Waals surface area contributed by atoms with Crippen LogP contribution in [-0.2, 0) is 30.4 Å². The second-order valence-electron chi connectivity index (χ2n) is 7.45. The summed E-state index contributed by atoms with van der Waals surface area (Å²) in [5.41, 5.74) is 6.61. The number of carbonyl (C=O) groups is 5. The van der Waals surface area contributed by atoms with Crippen LogP contribution in [0.3, 0.4) is 0 Å². The molecule has 2 aromatic rings. The van der Waals surface area contributed by atoms with E-state index in [4.69, 9.17) is 10.3 Å². The SMILES string of the molecule is NC(=O)[C@H](CCC(=O)[O-])NC(=O)[C@H](CCC(=O)[O-])NC(=O)CCc1cc(-c2ccccc2)no1. The van der Waals surface area contributed by atoms with Crippen LogP contribution < -0.4 is 26.6 Å². The van der Waals surface area contributed by atoms with Crippen molar-refractivity contribution in [2.75, 3.05) is 0 Å². The zero-order chi connectivity index (χ0) is 25.1. The number of aryl methyl sites for hydroxylation is 1. The van der Waals surface area contributed by atoms with Gasteiger partial charge in [0.15, 0.2) is 0 Å². The number of benzene rings is 1. The fraction of sp³-hybridized carbons (Fsp3) is 0.364. The molecule has 0 bridgehead atoms. The first-order valence-corrected chi connectivity index (χ1v) is 10.5. The number of nitrogens with one attached hydrogen (secondary N) is 2. The van der Waals surface area contributed by atoms with Gasteiger partial charge in [-0.3, -0.25) is 14.4 Å². The number of carbonyl (C=O) groups excluding carboxylic acids is 5. The summed E-state index contributed by atoms with van der Waals surface area (Å²) in [5, 5.41) is 30.0. The number of primary amides is 1. The van der Waals surface area contributed by atoms with Crippen molar-refractivity contribution < 1.29 is 38.7 Å². The Hall–Kier alpha value is -4.22.